The van der Waals surface area contributed by atoms with E-state index in [-0.39, 0.29) is 11.5 Å². The van der Waals surface area contributed by atoms with Crippen molar-refractivity contribution in [2.75, 3.05) is 33.8 Å². The van der Waals surface area contributed by atoms with Crippen molar-refractivity contribution in [1.82, 2.24) is 10.2 Å². The maximum absolute atomic E-state index is 5.58. The topological polar surface area (TPSA) is 36.9 Å². The predicted octanol–water partition coefficient (Wildman–Crippen LogP) is 2.35. The summed E-state index contributed by atoms with van der Waals surface area (Å²) in [4.78, 5) is 6.78. The van der Waals surface area contributed by atoms with Crippen LogP contribution in [-0.4, -0.2) is 50.8 Å². The molecule has 0 amide bonds. The van der Waals surface area contributed by atoms with E-state index in [1.807, 2.05) is 7.05 Å². The summed E-state index contributed by atoms with van der Waals surface area (Å²) in [5.41, 5.74) is 0.135. The molecule has 112 valence electrons. The summed E-state index contributed by atoms with van der Waals surface area (Å²) in [7, 11) is 3.64. The molecule has 1 saturated heterocycles. The lowest BCUT2D eigenvalue weighted by Crippen LogP contribution is -2.49. The monoisotopic (exact) mass is 269 g/mol. The highest BCUT2D eigenvalue weighted by Gasteiger charge is 2.26. The van der Waals surface area contributed by atoms with E-state index in [0.29, 0.717) is 0 Å². The van der Waals surface area contributed by atoms with Crippen molar-refractivity contribution in [3.63, 3.8) is 0 Å². The van der Waals surface area contributed by atoms with E-state index in [2.05, 4.69) is 42.9 Å². The van der Waals surface area contributed by atoms with Crippen LogP contribution in [0.25, 0.3) is 0 Å². The van der Waals surface area contributed by atoms with Crippen molar-refractivity contribution >= 4 is 5.96 Å². The molecule has 1 aliphatic rings. The highest BCUT2D eigenvalue weighted by Crippen LogP contribution is 2.21. The molecule has 0 bridgehead atoms. The normalized spacial score (nSPS) is 23.4. The second kappa shape index (κ2) is 7.13. The van der Waals surface area contributed by atoms with Crippen molar-refractivity contribution < 1.29 is 4.74 Å². The van der Waals surface area contributed by atoms with Crippen LogP contribution in [0.15, 0.2) is 4.99 Å². The molecule has 0 aromatic rings. The van der Waals surface area contributed by atoms with Crippen molar-refractivity contribution in [2.45, 2.75) is 46.6 Å². The summed E-state index contributed by atoms with van der Waals surface area (Å²) in [6.45, 7) is 11.9. The summed E-state index contributed by atoms with van der Waals surface area (Å²) in [5, 5.41) is 3.47. The maximum Gasteiger partial charge on any atom is 0.193 e. The number of hydrogen-bond donors (Lipinski definition) is 1. The molecule has 0 spiro atoms. The second-order valence-corrected chi connectivity index (χ2v) is 6.71. The van der Waals surface area contributed by atoms with Crippen molar-refractivity contribution in [1.29, 1.82) is 0 Å². The minimum Gasteiger partial charge on any atom is -0.379 e. The van der Waals surface area contributed by atoms with E-state index in [1.165, 1.54) is 12.8 Å². The quantitative estimate of drug-likeness (QED) is 0.631. The highest BCUT2D eigenvalue weighted by molar-refractivity contribution is 5.80. The third-order valence-corrected chi connectivity index (χ3v) is 3.86. The Balaban J connectivity index is 2.53. The number of guanidine groups is 1. The van der Waals surface area contributed by atoms with Crippen LogP contribution in [0.1, 0.15) is 40.5 Å². The molecular formula is C15H31N3O. The first-order valence-electron chi connectivity index (χ1n) is 7.37. The Hall–Kier alpha value is -0.770. The first kappa shape index (κ1) is 16.3. The van der Waals surface area contributed by atoms with Crippen LogP contribution < -0.4 is 5.32 Å². The van der Waals surface area contributed by atoms with Gasteiger partial charge in [-0.1, -0.05) is 27.7 Å². The Kier molecular flexibility index (Phi) is 6.11. The van der Waals surface area contributed by atoms with E-state index in [4.69, 9.17) is 4.74 Å². The Morgan fingerprint density at radius 3 is 2.63 bits per heavy atom. The zero-order valence-electron chi connectivity index (χ0n) is 13.5. The van der Waals surface area contributed by atoms with Gasteiger partial charge in [-0.15, -0.1) is 0 Å². The number of ether oxygens (including phenoxy) is 1. The Morgan fingerprint density at radius 1 is 1.47 bits per heavy atom. The minimum absolute atomic E-state index is 0.135. The number of piperidine rings is 1. The molecule has 0 radical (unpaired) electrons. The molecule has 1 rings (SSSR count). The summed E-state index contributed by atoms with van der Waals surface area (Å²) < 4.78 is 5.58. The zero-order chi connectivity index (χ0) is 14.5. The summed E-state index contributed by atoms with van der Waals surface area (Å²) in [5.74, 6) is 1.77. The number of likely N-dealkylation sites (tertiary alicyclic amines) is 1. The molecule has 1 heterocycles. The van der Waals surface area contributed by atoms with Crippen LogP contribution in [0.5, 0.6) is 0 Å². The number of rotatable bonds is 3. The predicted molar refractivity (Wildman–Crippen MR) is 81.6 cm³/mol. The molecular weight excluding hydrogens is 238 g/mol. The van der Waals surface area contributed by atoms with Crippen molar-refractivity contribution in [3.05, 3.63) is 0 Å². The Bertz CT molecular complexity index is 296. The van der Waals surface area contributed by atoms with Gasteiger partial charge in [0.05, 0.1) is 6.10 Å². The molecule has 0 aromatic heterocycles. The van der Waals surface area contributed by atoms with Crippen molar-refractivity contribution in [2.24, 2.45) is 16.3 Å². The SMILES string of the molecule is CN=C(NCC(OC)C(C)(C)C)N1CCCC(C)C1. The number of hydrogen-bond acceptors (Lipinski definition) is 2. The smallest absolute Gasteiger partial charge is 0.193 e. The lowest BCUT2D eigenvalue weighted by molar-refractivity contribution is 0.0200. The van der Waals surface area contributed by atoms with E-state index < -0.39 is 0 Å². The van der Waals surface area contributed by atoms with E-state index in [0.717, 1.165) is 31.5 Å². The largest absolute Gasteiger partial charge is 0.379 e. The molecule has 0 saturated carbocycles. The fraction of sp³-hybridized carbons (Fsp3) is 0.933. The van der Waals surface area contributed by atoms with Crippen LogP contribution in [0.2, 0.25) is 0 Å². The fourth-order valence-corrected chi connectivity index (χ4v) is 2.64. The number of nitrogens with zero attached hydrogens (tertiary/aromatic N) is 2. The van der Waals surface area contributed by atoms with E-state index in [1.54, 1.807) is 7.11 Å². The molecule has 1 N–H and O–H groups in total. The molecule has 1 fully saturated rings. The maximum atomic E-state index is 5.58. The van der Waals surface area contributed by atoms with E-state index in [9.17, 15) is 0 Å². The molecule has 2 unspecified atom stereocenters. The van der Waals surface area contributed by atoms with Gasteiger partial charge in [0.2, 0.25) is 0 Å². The first-order valence-corrected chi connectivity index (χ1v) is 7.37. The van der Waals surface area contributed by atoms with Gasteiger partial charge in [0.25, 0.3) is 0 Å². The van der Waals surface area contributed by atoms with Gasteiger partial charge >= 0.3 is 0 Å². The molecule has 0 aromatic carbocycles. The Labute approximate surface area is 118 Å². The lowest BCUT2D eigenvalue weighted by atomic mass is 9.89. The van der Waals surface area contributed by atoms with Crippen LogP contribution in [0.4, 0.5) is 0 Å². The molecule has 1 aliphatic heterocycles. The van der Waals surface area contributed by atoms with Crippen LogP contribution in [0, 0.1) is 11.3 Å². The fourth-order valence-electron chi connectivity index (χ4n) is 2.64. The average Bonchev–Trinajstić information content (AvgIpc) is 2.33. The van der Waals surface area contributed by atoms with Gasteiger partial charge in [-0.05, 0) is 24.2 Å². The number of methoxy groups -OCH3 is 1. The highest BCUT2D eigenvalue weighted by atomic mass is 16.5. The van der Waals surface area contributed by atoms with Crippen molar-refractivity contribution in [3.8, 4) is 0 Å². The van der Waals surface area contributed by atoms with Crippen LogP contribution in [-0.2, 0) is 4.74 Å². The number of aliphatic imine (C=N–C) groups is 1. The summed E-state index contributed by atoms with van der Waals surface area (Å²) >= 11 is 0. The van der Waals surface area contributed by atoms with Gasteiger partial charge in [0.1, 0.15) is 0 Å². The van der Waals surface area contributed by atoms with Gasteiger partial charge in [0.15, 0.2) is 5.96 Å². The number of nitrogens with one attached hydrogen (secondary N) is 1. The van der Waals surface area contributed by atoms with Gasteiger partial charge in [-0.3, -0.25) is 4.99 Å². The van der Waals surface area contributed by atoms with Gasteiger partial charge in [-0.2, -0.15) is 0 Å². The lowest BCUT2D eigenvalue weighted by Gasteiger charge is -2.35. The standard InChI is InChI=1S/C15H31N3O/c1-12-8-7-9-18(11-12)14(16-5)17-10-13(19-6)15(2,3)4/h12-13H,7-11H2,1-6H3,(H,16,17). The molecule has 2 atom stereocenters. The average molecular weight is 269 g/mol. The minimum atomic E-state index is 0.135. The Morgan fingerprint density at radius 2 is 2.16 bits per heavy atom. The van der Waals surface area contributed by atoms with E-state index >= 15 is 0 Å². The molecule has 4 nitrogen and oxygen atoms in total. The second-order valence-electron chi connectivity index (χ2n) is 6.71. The van der Waals surface area contributed by atoms with Crippen LogP contribution >= 0.6 is 0 Å². The molecule has 0 aliphatic carbocycles. The third kappa shape index (κ3) is 5.01. The van der Waals surface area contributed by atoms with Gasteiger partial charge in [-0.25, -0.2) is 0 Å². The third-order valence-electron chi connectivity index (χ3n) is 3.86. The van der Waals surface area contributed by atoms with Gasteiger partial charge < -0.3 is 15.0 Å². The zero-order valence-corrected chi connectivity index (χ0v) is 13.5. The molecule has 4 heteroatoms. The summed E-state index contributed by atoms with van der Waals surface area (Å²) in [6.07, 6.45) is 2.77. The first-order chi connectivity index (χ1) is 8.88. The summed E-state index contributed by atoms with van der Waals surface area (Å²) in [6, 6.07) is 0. The van der Waals surface area contributed by atoms with Crippen LogP contribution in [0.3, 0.4) is 0 Å². The van der Waals surface area contributed by atoms with Gasteiger partial charge in [0, 0.05) is 33.8 Å². The molecule has 19 heavy (non-hydrogen) atoms.